The maximum atomic E-state index is 14.3. The highest BCUT2D eigenvalue weighted by Gasteiger charge is 2.40. The number of carbonyl (C=O) groups excluding carboxylic acids is 1. The second kappa shape index (κ2) is 14.4. The summed E-state index contributed by atoms with van der Waals surface area (Å²) in [7, 11) is 2.03. The molecule has 3 aliphatic rings. The number of alkyl halides is 3. The lowest BCUT2D eigenvalue weighted by Gasteiger charge is -2.34. The summed E-state index contributed by atoms with van der Waals surface area (Å²) >= 11 is 0. The van der Waals surface area contributed by atoms with E-state index >= 15 is 0 Å². The Labute approximate surface area is 297 Å². The molecule has 3 aromatic heterocycles. The molecule has 1 N–H and O–H groups in total. The molecule has 2 saturated carbocycles. The highest BCUT2D eigenvalue weighted by Crippen LogP contribution is 2.46. The topological polar surface area (TPSA) is 96.5 Å². The second-order valence-corrected chi connectivity index (χ2v) is 14.5. The predicted octanol–water partition coefficient (Wildman–Crippen LogP) is 8.40. The van der Waals surface area contributed by atoms with Crippen molar-refractivity contribution >= 4 is 28.5 Å². The summed E-state index contributed by atoms with van der Waals surface area (Å²) < 4.78 is 54.0. The number of nitrogens with zero attached hydrogens (tertiary/aromatic N) is 5. The van der Waals surface area contributed by atoms with E-state index in [0.717, 1.165) is 93.5 Å². The molecule has 4 heterocycles. The van der Waals surface area contributed by atoms with Gasteiger partial charge >= 0.3 is 12.1 Å². The number of hydrogen-bond acceptors (Lipinski definition) is 8. The number of pyridine rings is 2. The molecule has 0 atom stereocenters. The number of esters is 1. The van der Waals surface area contributed by atoms with Gasteiger partial charge in [-0.2, -0.15) is 13.2 Å². The predicted molar refractivity (Wildman–Crippen MR) is 192 cm³/mol. The lowest BCUT2D eigenvalue weighted by Crippen LogP contribution is -2.37. The molecule has 0 unspecified atom stereocenters. The van der Waals surface area contributed by atoms with Gasteiger partial charge in [-0.05, 0) is 88.8 Å². The SMILES string of the molecule is CCOCC1(CN(C)c2cc(-c3cnc(C4CC4)c(C(F)(F)F)c3)nc3nc(-c4ccc(N5CCC(C(=O)OCC)CC5)cc4)[nH]c23)CCCC1. The van der Waals surface area contributed by atoms with Gasteiger partial charge in [0.15, 0.2) is 5.65 Å². The molecule has 9 nitrogen and oxygen atoms in total. The van der Waals surface area contributed by atoms with Gasteiger partial charge in [-0.1, -0.05) is 12.8 Å². The first kappa shape index (κ1) is 35.2. The van der Waals surface area contributed by atoms with Gasteiger partial charge in [0.2, 0.25) is 0 Å². The Morgan fingerprint density at radius 2 is 1.73 bits per heavy atom. The van der Waals surface area contributed by atoms with E-state index in [1.165, 1.54) is 12.3 Å². The number of halogens is 3. The number of carbonyl (C=O) groups is 1. The highest BCUT2D eigenvalue weighted by atomic mass is 19.4. The van der Waals surface area contributed by atoms with Crippen molar-refractivity contribution in [1.29, 1.82) is 0 Å². The number of hydrogen-bond donors (Lipinski definition) is 1. The van der Waals surface area contributed by atoms with Crippen LogP contribution in [0, 0.1) is 11.3 Å². The van der Waals surface area contributed by atoms with Crippen LogP contribution in [0.3, 0.4) is 0 Å². The average molecular weight is 705 g/mol. The van der Waals surface area contributed by atoms with Gasteiger partial charge in [0, 0.05) is 67.6 Å². The largest absolute Gasteiger partial charge is 0.466 e. The van der Waals surface area contributed by atoms with Gasteiger partial charge in [0.1, 0.15) is 11.3 Å². The van der Waals surface area contributed by atoms with E-state index in [4.69, 9.17) is 19.4 Å². The van der Waals surface area contributed by atoms with Crippen LogP contribution in [-0.2, 0) is 20.4 Å². The lowest BCUT2D eigenvalue weighted by molar-refractivity contribution is -0.148. The molecule has 1 aromatic carbocycles. The number of imidazole rings is 1. The van der Waals surface area contributed by atoms with Gasteiger partial charge < -0.3 is 24.3 Å². The van der Waals surface area contributed by atoms with Gasteiger partial charge in [0.25, 0.3) is 0 Å². The number of H-pyrrole nitrogens is 1. The van der Waals surface area contributed by atoms with Gasteiger partial charge in [-0.3, -0.25) is 9.78 Å². The van der Waals surface area contributed by atoms with E-state index < -0.39 is 11.7 Å². The van der Waals surface area contributed by atoms with Crippen LogP contribution in [0.25, 0.3) is 33.8 Å². The van der Waals surface area contributed by atoms with Gasteiger partial charge in [-0.25, -0.2) is 9.97 Å². The molecule has 1 aliphatic heterocycles. The van der Waals surface area contributed by atoms with Crippen molar-refractivity contribution < 1.29 is 27.4 Å². The monoisotopic (exact) mass is 704 g/mol. The van der Waals surface area contributed by atoms with E-state index in [-0.39, 0.29) is 28.9 Å². The smallest absolute Gasteiger partial charge is 0.418 e. The molecule has 0 bridgehead atoms. The van der Waals surface area contributed by atoms with Crippen LogP contribution in [0.4, 0.5) is 24.5 Å². The zero-order chi connectivity index (χ0) is 35.8. The first-order valence-corrected chi connectivity index (χ1v) is 18.4. The molecule has 2 aliphatic carbocycles. The molecule has 12 heteroatoms. The summed E-state index contributed by atoms with van der Waals surface area (Å²) in [6.07, 6.45) is 4.37. The molecule has 4 aromatic rings. The van der Waals surface area contributed by atoms with Crippen molar-refractivity contribution in [3.05, 3.63) is 53.9 Å². The first-order chi connectivity index (χ1) is 24.6. The van der Waals surface area contributed by atoms with E-state index in [9.17, 15) is 18.0 Å². The normalized spacial score (nSPS) is 18.0. The lowest BCUT2D eigenvalue weighted by atomic mass is 9.86. The zero-order valence-electron chi connectivity index (χ0n) is 29.7. The van der Waals surface area contributed by atoms with Crippen LogP contribution < -0.4 is 9.80 Å². The molecule has 1 saturated heterocycles. The second-order valence-electron chi connectivity index (χ2n) is 14.5. The number of aromatic amines is 1. The Morgan fingerprint density at radius 1 is 1.00 bits per heavy atom. The highest BCUT2D eigenvalue weighted by molar-refractivity contribution is 5.91. The fraction of sp³-hybridized carbons (Fsp3) is 0.538. The Bertz CT molecular complexity index is 1840. The molecule has 0 spiro atoms. The first-order valence-electron chi connectivity index (χ1n) is 18.4. The number of fused-ring (bicyclic) bond motifs is 1. The number of piperidine rings is 1. The van der Waals surface area contributed by atoms with Crippen molar-refractivity contribution in [2.24, 2.45) is 11.3 Å². The van der Waals surface area contributed by atoms with Crippen molar-refractivity contribution in [1.82, 2.24) is 19.9 Å². The molecule has 272 valence electrons. The molecule has 0 radical (unpaired) electrons. The molecule has 3 fully saturated rings. The summed E-state index contributed by atoms with van der Waals surface area (Å²) in [6.45, 7) is 7.82. The average Bonchev–Trinajstić information content (AvgIpc) is 3.73. The van der Waals surface area contributed by atoms with Crippen LogP contribution in [0.2, 0.25) is 0 Å². The maximum absolute atomic E-state index is 14.3. The molecule has 0 amide bonds. The summed E-state index contributed by atoms with van der Waals surface area (Å²) in [5.74, 6) is 0.312. The number of rotatable bonds is 12. The molecule has 51 heavy (non-hydrogen) atoms. The molecular formula is C39H47F3N6O3. The van der Waals surface area contributed by atoms with Crippen molar-refractivity contribution in [3.63, 3.8) is 0 Å². The number of aromatic nitrogens is 4. The van der Waals surface area contributed by atoms with E-state index in [0.29, 0.717) is 42.5 Å². The fourth-order valence-corrected chi connectivity index (χ4v) is 7.93. The standard InChI is InChI=1S/C39H47F3N6O3/c1-4-50-24-38(16-6-7-17-38)23-47(3)32-21-31(28-20-30(39(40,41)42)33(43-22-28)25-8-9-25)44-36-34(32)45-35(46-36)26-10-12-29(13-11-26)48-18-14-27(15-19-48)37(49)51-5-2/h10-13,20-22,25,27H,4-9,14-19,23-24H2,1-3H3,(H,44,45,46). The van der Waals surface area contributed by atoms with Crippen LogP contribution in [-0.4, -0.2) is 72.4 Å². The van der Waals surface area contributed by atoms with Crippen LogP contribution in [0.5, 0.6) is 0 Å². The third kappa shape index (κ3) is 7.56. The quantitative estimate of drug-likeness (QED) is 0.147. The Hall–Kier alpha value is -4.19. The van der Waals surface area contributed by atoms with E-state index in [1.807, 2.05) is 39.1 Å². The minimum absolute atomic E-state index is 0.0130. The third-order valence-electron chi connectivity index (χ3n) is 10.8. The minimum atomic E-state index is -4.51. The van der Waals surface area contributed by atoms with Crippen LogP contribution in [0.1, 0.15) is 82.4 Å². The third-order valence-corrected chi connectivity index (χ3v) is 10.8. The van der Waals surface area contributed by atoms with E-state index in [1.54, 1.807) is 0 Å². The fourth-order valence-electron chi connectivity index (χ4n) is 7.93. The van der Waals surface area contributed by atoms with E-state index in [2.05, 4.69) is 31.9 Å². The Balaban J connectivity index is 1.22. The maximum Gasteiger partial charge on any atom is 0.418 e. The number of anilines is 2. The minimum Gasteiger partial charge on any atom is -0.466 e. The van der Waals surface area contributed by atoms with Crippen LogP contribution >= 0.6 is 0 Å². The number of nitrogens with one attached hydrogen (secondary N) is 1. The molecule has 7 rings (SSSR count). The number of ether oxygens (including phenoxy) is 2. The van der Waals surface area contributed by atoms with Crippen molar-refractivity contribution in [2.45, 2.75) is 77.3 Å². The van der Waals surface area contributed by atoms with Gasteiger partial charge in [0.05, 0.1) is 41.8 Å². The summed E-state index contributed by atoms with van der Waals surface area (Å²) in [4.78, 5) is 34.2. The Kier molecular flexibility index (Phi) is 9.97. The van der Waals surface area contributed by atoms with Gasteiger partial charge in [-0.15, -0.1) is 0 Å². The van der Waals surface area contributed by atoms with Crippen molar-refractivity contribution in [3.8, 4) is 22.6 Å². The van der Waals surface area contributed by atoms with Crippen LogP contribution in [0.15, 0.2) is 42.6 Å². The summed E-state index contributed by atoms with van der Waals surface area (Å²) in [5.41, 5.74) is 4.04. The zero-order valence-corrected chi connectivity index (χ0v) is 29.7. The number of benzene rings is 1. The summed E-state index contributed by atoms with van der Waals surface area (Å²) in [6, 6.07) is 11.2. The summed E-state index contributed by atoms with van der Waals surface area (Å²) in [5, 5.41) is 0. The Morgan fingerprint density at radius 3 is 2.37 bits per heavy atom. The van der Waals surface area contributed by atoms with Crippen molar-refractivity contribution in [2.75, 3.05) is 56.3 Å². The molecular weight excluding hydrogens is 657 g/mol.